The van der Waals surface area contributed by atoms with Crippen molar-refractivity contribution in [2.45, 2.75) is 38.8 Å². The van der Waals surface area contributed by atoms with Crippen LogP contribution >= 0.6 is 11.6 Å². The molecule has 0 atom stereocenters. The van der Waals surface area contributed by atoms with Gasteiger partial charge in [0.1, 0.15) is 5.02 Å². The van der Waals surface area contributed by atoms with E-state index in [9.17, 15) is 0 Å². The van der Waals surface area contributed by atoms with Gasteiger partial charge in [0.25, 0.3) is 0 Å². The van der Waals surface area contributed by atoms with E-state index in [1.165, 1.54) is 0 Å². The molecule has 8 nitrogen and oxygen atoms in total. The van der Waals surface area contributed by atoms with Crippen LogP contribution in [0.4, 0.5) is 33.2 Å². The van der Waals surface area contributed by atoms with E-state index >= 15 is 4.39 Å². The molecule has 41 heavy (non-hydrogen) atoms. The number of hydrogen-bond donors (Lipinski definition) is 3. The van der Waals surface area contributed by atoms with Gasteiger partial charge in [0, 0.05) is 80.1 Å². The molecule has 6 rings (SSSR count). The SMILES string of the molecule is C=C1NCc2cccc(Nc3nc(Nc4ccc(N5CCC(N6CCN(C)CC6)CC5)c(F)c4CC)ncc3Cl)c21. The summed E-state index contributed by atoms with van der Waals surface area (Å²) in [5.74, 6) is 0.639. The number of halogens is 2. The molecule has 0 saturated carbocycles. The molecule has 3 aromatic rings. The number of anilines is 5. The van der Waals surface area contributed by atoms with Gasteiger partial charge in [-0.2, -0.15) is 4.98 Å². The van der Waals surface area contributed by atoms with E-state index in [1.807, 2.05) is 31.2 Å². The topological polar surface area (TPSA) is 71.6 Å². The van der Waals surface area contributed by atoms with Gasteiger partial charge in [0.2, 0.25) is 5.95 Å². The first-order chi connectivity index (χ1) is 19.9. The van der Waals surface area contributed by atoms with Gasteiger partial charge in [0.15, 0.2) is 11.6 Å². The Labute approximate surface area is 246 Å². The Balaban J connectivity index is 1.17. The van der Waals surface area contributed by atoms with Crippen molar-refractivity contribution < 1.29 is 4.39 Å². The van der Waals surface area contributed by atoms with Crippen LogP contribution in [-0.4, -0.2) is 72.1 Å². The molecule has 3 N–H and O–H groups in total. The number of nitrogens with one attached hydrogen (secondary N) is 3. The molecule has 4 heterocycles. The molecule has 2 fully saturated rings. The number of benzene rings is 2. The van der Waals surface area contributed by atoms with Gasteiger partial charge in [-0.3, -0.25) is 4.90 Å². The lowest BCUT2D eigenvalue weighted by molar-refractivity contribution is 0.0981. The zero-order valence-electron chi connectivity index (χ0n) is 23.8. The van der Waals surface area contributed by atoms with Gasteiger partial charge in [0.05, 0.1) is 11.9 Å². The number of fused-ring (bicyclic) bond motifs is 1. The Kier molecular flexibility index (Phi) is 8.01. The van der Waals surface area contributed by atoms with Crippen LogP contribution in [0.2, 0.25) is 5.02 Å². The Morgan fingerprint density at radius 1 is 1.05 bits per heavy atom. The molecule has 0 bridgehead atoms. The van der Waals surface area contributed by atoms with E-state index in [1.54, 1.807) is 6.20 Å². The lowest BCUT2D eigenvalue weighted by Gasteiger charge is -2.42. The summed E-state index contributed by atoms with van der Waals surface area (Å²) in [6.07, 6.45) is 4.22. The molecule has 216 valence electrons. The quantitative estimate of drug-likeness (QED) is 0.335. The first kappa shape index (κ1) is 27.8. The summed E-state index contributed by atoms with van der Waals surface area (Å²) in [5, 5.41) is 10.3. The van der Waals surface area contributed by atoms with Crippen LogP contribution in [-0.2, 0) is 13.0 Å². The molecule has 0 unspecified atom stereocenters. The maximum atomic E-state index is 15.9. The monoisotopic (exact) mass is 576 g/mol. The van der Waals surface area contributed by atoms with Crippen LogP contribution in [0.15, 0.2) is 43.1 Å². The third-order valence-electron chi connectivity index (χ3n) is 8.62. The molecular weight excluding hydrogens is 539 g/mol. The first-order valence-electron chi connectivity index (χ1n) is 14.5. The van der Waals surface area contributed by atoms with Gasteiger partial charge in [-0.05, 0) is 50.1 Å². The number of aromatic nitrogens is 2. The predicted molar refractivity (Wildman–Crippen MR) is 166 cm³/mol. The van der Waals surface area contributed by atoms with E-state index in [2.05, 4.69) is 60.3 Å². The molecule has 0 radical (unpaired) electrons. The average molecular weight is 577 g/mol. The molecule has 0 spiro atoms. The van der Waals surface area contributed by atoms with Crippen molar-refractivity contribution in [2.75, 3.05) is 61.8 Å². The number of likely N-dealkylation sites (N-methyl/N-ethyl adjacent to an activating group) is 1. The van der Waals surface area contributed by atoms with Crippen molar-refractivity contribution in [1.82, 2.24) is 25.1 Å². The molecule has 10 heteroatoms. The predicted octanol–water partition coefficient (Wildman–Crippen LogP) is 5.61. The summed E-state index contributed by atoms with van der Waals surface area (Å²) in [7, 11) is 2.19. The van der Waals surface area contributed by atoms with E-state index in [0.717, 1.165) is 81.2 Å². The second-order valence-electron chi connectivity index (χ2n) is 11.1. The minimum absolute atomic E-state index is 0.172. The Bertz CT molecular complexity index is 1430. The Hall–Kier alpha value is -3.40. The molecule has 2 saturated heterocycles. The van der Waals surface area contributed by atoms with E-state index in [-0.39, 0.29) is 5.82 Å². The number of nitrogens with zero attached hydrogens (tertiary/aromatic N) is 5. The standard InChI is InChI=1S/C31H38ClFN8/c1-4-23-25(8-9-27(29(23)33)41-12-10-22(11-13-41)40-16-14-39(3)15-17-40)37-31-35-19-24(32)30(38-31)36-26-7-5-6-21-18-34-20(2)28(21)26/h5-9,19,22,34H,2,4,10-18H2,1,3H3,(H2,35,36,37,38). The third-order valence-corrected chi connectivity index (χ3v) is 8.90. The second-order valence-corrected chi connectivity index (χ2v) is 11.6. The first-order valence-corrected chi connectivity index (χ1v) is 14.9. The zero-order chi connectivity index (χ0) is 28.5. The molecule has 3 aliphatic heterocycles. The fraction of sp³-hybridized carbons (Fsp3) is 0.419. The Morgan fingerprint density at radius 2 is 1.83 bits per heavy atom. The number of hydrogen-bond acceptors (Lipinski definition) is 8. The normalized spacial score (nSPS) is 18.3. The number of rotatable bonds is 7. The van der Waals surface area contributed by atoms with Crippen molar-refractivity contribution in [2.24, 2.45) is 0 Å². The summed E-state index contributed by atoms with van der Waals surface area (Å²) >= 11 is 6.47. The highest BCUT2D eigenvalue weighted by molar-refractivity contribution is 6.33. The Morgan fingerprint density at radius 3 is 2.59 bits per heavy atom. The molecule has 2 aromatic carbocycles. The smallest absolute Gasteiger partial charge is 0.229 e. The lowest BCUT2D eigenvalue weighted by atomic mass is 10.0. The molecule has 0 amide bonds. The van der Waals surface area contributed by atoms with Gasteiger partial charge in [-0.15, -0.1) is 0 Å². The third kappa shape index (κ3) is 5.71. The molecule has 3 aliphatic rings. The van der Waals surface area contributed by atoms with Crippen LogP contribution in [0.1, 0.15) is 36.5 Å². The lowest BCUT2D eigenvalue weighted by Crippen LogP contribution is -2.52. The van der Waals surface area contributed by atoms with Gasteiger partial charge in [-0.1, -0.05) is 37.2 Å². The second kappa shape index (κ2) is 11.8. The van der Waals surface area contributed by atoms with Crippen LogP contribution in [0.3, 0.4) is 0 Å². The maximum absolute atomic E-state index is 15.9. The van der Waals surface area contributed by atoms with Gasteiger partial charge in [-0.25, -0.2) is 9.37 Å². The zero-order valence-corrected chi connectivity index (χ0v) is 24.6. The summed E-state index contributed by atoms with van der Waals surface area (Å²) in [4.78, 5) is 16.2. The van der Waals surface area contributed by atoms with Crippen molar-refractivity contribution >= 4 is 46.1 Å². The number of piperidine rings is 1. The summed E-state index contributed by atoms with van der Waals surface area (Å²) in [5.41, 5.74) is 5.87. The highest BCUT2D eigenvalue weighted by atomic mass is 35.5. The highest BCUT2D eigenvalue weighted by Crippen LogP contribution is 2.35. The van der Waals surface area contributed by atoms with E-state index in [0.29, 0.717) is 46.2 Å². The molecule has 0 aliphatic carbocycles. The maximum Gasteiger partial charge on any atom is 0.229 e. The fourth-order valence-electron chi connectivity index (χ4n) is 6.24. The summed E-state index contributed by atoms with van der Waals surface area (Å²) in [6, 6.07) is 10.4. The van der Waals surface area contributed by atoms with E-state index < -0.39 is 0 Å². The van der Waals surface area contributed by atoms with Crippen LogP contribution < -0.4 is 20.9 Å². The summed E-state index contributed by atoms with van der Waals surface area (Å²) in [6.45, 7) is 13.1. The van der Waals surface area contributed by atoms with Crippen LogP contribution in [0.5, 0.6) is 0 Å². The van der Waals surface area contributed by atoms with Crippen molar-refractivity contribution in [1.29, 1.82) is 0 Å². The minimum Gasteiger partial charge on any atom is -0.381 e. The molecular formula is C31H38ClFN8. The highest BCUT2D eigenvalue weighted by Gasteiger charge is 2.28. The average Bonchev–Trinajstić information content (AvgIpc) is 3.37. The van der Waals surface area contributed by atoms with Gasteiger partial charge < -0.3 is 25.8 Å². The van der Waals surface area contributed by atoms with Crippen LogP contribution in [0, 0.1) is 5.82 Å². The number of piperazine rings is 1. The van der Waals surface area contributed by atoms with Crippen molar-refractivity contribution in [3.05, 3.63) is 70.6 Å². The van der Waals surface area contributed by atoms with E-state index in [4.69, 9.17) is 11.6 Å². The largest absolute Gasteiger partial charge is 0.381 e. The fourth-order valence-corrected chi connectivity index (χ4v) is 6.37. The van der Waals surface area contributed by atoms with Gasteiger partial charge >= 0.3 is 0 Å². The van der Waals surface area contributed by atoms with Crippen molar-refractivity contribution in [3.8, 4) is 0 Å². The molecule has 1 aromatic heterocycles. The van der Waals surface area contributed by atoms with Crippen molar-refractivity contribution in [3.63, 3.8) is 0 Å². The summed E-state index contributed by atoms with van der Waals surface area (Å²) < 4.78 is 15.9. The minimum atomic E-state index is -0.172. The van der Waals surface area contributed by atoms with Crippen LogP contribution in [0.25, 0.3) is 5.70 Å².